The Bertz CT molecular complexity index is 1480. The van der Waals surface area contributed by atoms with Gasteiger partial charge in [-0.1, -0.05) is 62.7 Å². The molecule has 1 aromatic heterocycles. The summed E-state index contributed by atoms with van der Waals surface area (Å²) in [5.74, 6) is -1.63. The van der Waals surface area contributed by atoms with Crippen LogP contribution in [0, 0.1) is 5.82 Å². The fourth-order valence-corrected chi connectivity index (χ4v) is 4.21. The van der Waals surface area contributed by atoms with Gasteiger partial charge in [-0.2, -0.15) is 5.10 Å². The van der Waals surface area contributed by atoms with E-state index in [4.69, 9.17) is 16.7 Å². The number of carbonyl (C=O) groups is 2. The van der Waals surface area contributed by atoms with Gasteiger partial charge in [0.2, 0.25) is 5.91 Å². The van der Waals surface area contributed by atoms with Gasteiger partial charge in [-0.15, -0.1) is 0 Å². The molecule has 0 spiro atoms. The lowest BCUT2D eigenvalue weighted by atomic mass is 9.92. The Morgan fingerprint density at radius 1 is 1.00 bits per heavy atom. The second-order valence-corrected chi connectivity index (χ2v) is 10.6. The number of rotatable bonds is 6. The van der Waals surface area contributed by atoms with Crippen LogP contribution in [0.2, 0.25) is 5.02 Å². The van der Waals surface area contributed by atoms with Crippen LogP contribution in [0.25, 0.3) is 5.69 Å². The third-order valence-electron chi connectivity index (χ3n) is 6.33. The van der Waals surface area contributed by atoms with Gasteiger partial charge < -0.3 is 5.32 Å². The number of nitrogens with zero attached hydrogens (tertiary/aromatic N) is 3. The second-order valence-electron chi connectivity index (χ2n) is 10.2. The molecule has 8 heteroatoms. The molecule has 1 N–H and O–H groups in total. The molecule has 0 aliphatic carbocycles. The van der Waals surface area contributed by atoms with Gasteiger partial charge in [-0.05, 0) is 55.0 Å². The number of para-hydroxylation sites is 1. The zero-order valence-electron chi connectivity index (χ0n) is 22.0. The molecule has 2 amide bonds. The van der Waals surface area contributed by atoms with Gasteiger partial charge >= 0.3 is 0 Å². The number of aromatic nitrogens is 2. The van der Waals surface area contributed by atoms with Gasteiger partial charge in [0, 0.05) is 29.2 Å². The first-order valence-corrected chi connectivity index (χ1v) is 12.6. The molecule has 0 aliphatic rings. The maximum Gasteiger partial charge on any atom is 0.258 e. The molecule has 0 aliphatic heterocycles. The minimum absolute atomic E-state index is 0.0977. The molecule has 0 saturated heterocycles. The predicted molar refractivity (Wildman–Crippen MR) is 150 cm³/mol. The molecule has 4 aromatic rings. The standard InChI is InChI=1S/C30H30ClFN4O2/c1-19(20-14-15-24(25(32)16-20)28(37)33-22-11-7-6-8-12-22)29(38)35(5)27-18-26(30(2,3)4)34-36(27)23-13-9-10-21(31)17-23/h6-19H,1-5H3,(H,33,37). The highest BCUT2D eigenvalue weighted by Crippen LogP contribution is 2.31. The van der Waals surface area contributed by atoms with Crippen LogP contribution in [-0.4, -0.2) is 28.6 Å². The molecule has 1 unspecified atom stereocenters. The lowest BCUT2D eigenvalue weighted by molar-refractivity contribution is -0.119. The molecule has 38 heavy (non-hydrogen) atoms. The molecular weight excluding hydrogens is 503 g/mol. The average Bonchev–Trinajstić information content (AvgIpc) is 3.34. The lowest BCUT2D eigenvalue weighted by Gasteiger charge is -2.23. The molecule has 0 fully saturated rings. The van der Waals surface area contributed by atoms with Crippen molar-refractivity contribution in [3.63, 3.8) is 0 Å². The van der Waals surface area contributed by atoms with E-state index >= 15 is 0 Å². The maximum absolute atomic E-state index is 15.0. The summed E-state index contributed by atoms with van der Waals surface area (Å²) in [5.41, 5.74) is 2.19. The molecule has 0 radical (unpaired) electrons. The normalized spacial score (nSPS) is 12.2. The maximum atomic E-state index is 15.0. The van der Waals surface area contributed by atoms with Crippen LogP contribution in [0.1, 0.15) is 55.2 Å². The highest BCUT2D eigenvalue weighted by molar-refractivity contribution is 6.30. The number of likely N-dealkylation sites (N-methyl/N-ethyl adjacent to an activating group) is 1. The monoisotopic (exact) mass is 532 g/mol. The number of benzene rings is 3. The third-order valence-corrected chi connectivity index (χ3v) is 6.56. The summed E-state index contributed by atoms with van der Waals surface area (Å²) in [7, 11) is 1.67. The van der Waals surface area contributed by atoms with E-state index in [0.717, 1.165) is 11.4 Å². The SMILES string of the molecule is CC(C(=O)N(C)c1cc(C(C)(C)C)nn1-c1cccc(Cl)c1)c1ccc(C(=O)Nc2ccccc2)c(F)c1. The Labute approximate surface area is 227 Å². The molecule has 1 atom stereocenters. The van der Waals surface area contributed by atoms with Gasteiger partial charge in [0.25, 0.3) is 5.91 Å². The average molecular weight is 533 g/mol. The molecule has 0 saturated carbocycles. The zero-order chi connectivity index (χ0) is 27.6. The summed E-state index contributed by atoms with van der Waals surface area (Å²) in [6.45, 7) is 7.85. The second kappa shape index (κ2) is 10.8. The van der Waals surface area contributed by atoms with E-state index in [1.54, 1.807) is 61.1 Å². The van der Waals surface area contributed by atoms with Crippen molar-refractivity contribution < 1.29 is 14.0 Å². The van der Waals surface area contributed by atoms with E-state index in [2.05, 4.69) is 5.32 Å². The van der Waals surface area contributed by atoms with E-state index in [-0.39, 0.29) is 16.9 Å². The number of anilines is 2. The summed E-state index contributed by atoms with van der Waals surface area (Å²) in [4.78, 5) is 27.7. The molecule has 1 heterocycles. The number of amides is 2. The van der Waals surface area contributed by atoms with E-state index in [1.165, 1.54) is 17.0 Å². The zero-order valence-corrected chi connectivity index (χ0v) is 22.8. The molecule has 196 valence electrons. The first-order valence-electron chi connectivity index (χ1n) is 12.3. The van der Waals surface area contributed by atoms with Gasteiger partial charge in [0.15, 0.2) is 0 Å². The predicted octanol–water partition coefficient (Wildman–Crippen LogP) is 6.98. The Kier molecular flexibility index (Phi) is 7.69. The van der Waals surface area contributed by atoms with Crippen LogP contribution < -0.4 is 10.2 Å². The molecule has 6 nitrogen and oxygen atoms in total. The lowest BCUT2D eigenvalue weighted by Crippen LogP contribution is -2.32. The van der Waals surface area contributed by atoms with Crippen molar-refractivity contribution in [1.82, 2.24) is 9.78 Å². The van der Waals surface area contributed by atoms with E-state index in [1.807, 2.05) is 45.0 Å². The Hall–Kier alpha value is -3.97. The number of hydrogen-bond donors (Lipinski definition) is 1. The van der Waals surface area contributed by atoms with Crippen molar-refractivity contribution in [1.29, 1.82) is 0 Å². The number of nitrogens with one attached hydrogen (secondary N) is 1. The van der Waals surface area contributed by atoms with Crippen LogP contribution in [0.3, 0.4) is 0 Å². The van der Waals surface area contributed by atoms with Crippen molar-refractivity contribution in [2.75, 3.05) is 17.3 Å². The summed E-state index contributed by atoms with van der Waals surface area (Å²) >= 11 is 6.23. The first kappa shape index (κ1) is 27.1. The van der Waals surface area contributed by atoms with Crippen molar-refractivity contribution in [3.05, 3.63) is 107 Å². The van der Waals surface area contributed by atoms with Crippen molar-refractivity contribution in [2.24, 2.45) is 0 Å². The fourth-order valence-electron chi connectivity index (χ4n) is 4.03. The van der Waals surface area contributed by atoms with Gasteiger partial charge in [-0.25, -0.2) is 9.07 Å². The van der Waals surface area contributed by atoms with Gasteiger partial charge in [-0.3, -0.25) is 14.5 Å². The van der Waals surface area contributed by atoms with E-state index in [9.17, 15) is 14.0 Å². The molecule has 4 rings (SSSR count). The smallest absolute Gasteiger partial charge is 0.258 e. The highest BCUT2D eigenvalue weighted by atomic mass is 35.5. The third kappa shape index (κ3) is 5.78. The summed E-state index contributed by atoms with van der Waals surface area (Å²) in [5, 5.41) is 8.00. The minimum Gasteiger partial charge on any atom is -0.322 e. The highest BCUT2D eigenvalue weighted by Gasteiger charge is 2.28. The topological polar surface area (TPSA) is 67.2 Å². The molecular formula is C30H30ClFN4O2. The summed E-state index contributed by atoms with van der Waals surface area (Å²) in [6.07, 6.45) is 0. The number of carbonyl (C=O) groups excluding carboxylic acids is 2. The van der Waals surface area contributed by atoms with Crippen molar-refractivity contribution in [3.8, 4) is 5.69 Å². The molecule has 0 bridgehead atoms. The van der Waals surface area contributed by atoms with Crippen LogP contribution in [0.15, 0.2) is 78.9 Å². The largest absolute Gasteiger partial charge is 0.322 e. The van der Waals surface area contributed by atoms with Gasteiger partial charge in [0.1, 0.15) is 11.6 Å². The van der Waals surface area contributed by atoms with Crippen LogP contribution in [0.4, 0.5) is 15.9 Å². The fraction of sp³-hybridized carbons (Fsp3) is 0.233. The Morgan fingerprint density at radius 3 is 2.34 bits per heavy atom. The Morgan fingerprint density at radius 2 is 1.71 bits per heavy atom. The van der Waals surface area contributed by atoms with Crippen molar-refractivity contribution in [2.45, 2.75) is 39.0 Å². The van der Waals surface area contributed by atoms with Crippen LogP contribution in [-0.2, 0) is 10.2 Å². The Balaban J connectivity index is 1.61. The number of halogens is 2. The minimum atomic E-state index is -0.697. The summed E-state index contributed by atoms with van der Waals surface area (Å²) < 4.78 is 16.7. The van der Waals surface area contributed by atoms with Crippen LogP contribution >= 0.6 is 11.6 Å². The number of hydrogen-bond acceptors (Lipinski definition) is 3. The van der Waals surface area contributed by atoms with E-state index < -0.39 is 17.6 Å². The van der Waals surface area contributed by atoms with E-state index in [0.29, 0.717) is 22.1 Å². The van der Waals surface area contributed by atoms with Crippen molar-refractivity contribution >= 4 is 34.9 Å². The van der Waals surface area contributed by atoms with Gasteiger partial charge in [0.05, 0.1) is 22.9 Å². The molecule has 3 aromatic carbocycles. The summed E-state index contributed by atoms with van der Waals surface area (Å²) in [6, 6.07) is 22.2. The quantitative estimate of drug-likeness (QED) is 0.291. The first-order chi connectivity index (χ1) is 18.0. The van der Waals surface area contributed by atoms with Crippen LogP contribution in [0.5, 0.6) is 0 Å².